The van der Waals surface area contributed by atoms with Crippen LogP contribution in [0.25, 0.3) is 0 Å². The third-order valence-electron chi connectivity index (χ3n) is 2.44. The van der Waals surface area contributed by atoms with Crippen molar-refractivity contribution in [1.82, 2.24) is 20.3 Å². The first-order valence-electron chi connectivity index (χ1n) is 5.82. The topological polar surface area (TPSA) is 73.0 Å². The number of nitrogens with zero attached hydrogens (tertiary/aromatic N) is 3. The number of amides is 1. The molecule has 1 atom stereocenters. The van der Waals surface area contributed by atoms with Gasteiger partial charge in [-0.3, -0.25) is 9.48 Å². The van der Waals surface area contributed by atoms with Gasteiger partial charge in [-0.15, -0.1) is 0 Å². The van der Waals surface area contributed by atoms with Gasteiger partial charge in [-0.1, -0.05) is 5.16 Å². The summed E-state index contributed by atoms with van der Waals surface area (Å²) in [7, 11) is 0. The first kappa shape index (κ1) is 12.3. The molecule has 96 valence electrons. The van der Waals surface area contributed by atoms with Gasteiger partial charge in [-0.2, -0.15) is 5.10 Å². The number of carbonyl (C=O) groups excluding carboxylic acids is 1. The van der Waals surface area contributed by atoms with Crippen LogP contribution < -0.4 is 5.32 Å². The molecule has 6 nitrogen and oxygen atoms in total. The number of rotatable bonds is 5. The number of nitrogens with one attached hydrogen (secondary N) is 1. The fourth-order valence-electron chi connectivity index (χ4n) is 1.72. The molecule has 6 heteroatoms. The Hall–Kier alpha value is -2.11. The average Bonchev–Trinajstić information content (AvgIpc) is 2.90. The lowest BCUT2D eigenvalue weighted by atomic mass is 10.2. The van der Waals surface area contributed by atoms with Crippen LogP contribution in [0.15, 0.2) is 29.0 Å². The number of hydrogen-bond donors (Lipinski definition) is 1. The molecule has 0 saturated heterocycles. The summed E-state index contributed by atoms with van der Waals surface area (Å²) >= 11 is 0. The third-order valence-corrected chi connectivity index (χ3v) is 2.44. The van der Waals surface area contributed by atoms with Crippen LogP contribution in [0.2, 0.25) is 0 Å². The van der Waals surface area contributed by atoms with Gasteiger partial charge in [0, 0.05) is 24.5 Å². The lowest BCUT2D eigenvalue weighted by molar-refractivity contribution is -0.121. The van der Waals surface area contributed by atoms with E-state index in [-0.39, 0.29) is 18.4 Å². The minimum Gasteiger partial charge on any atom is -0.361 e. The zero-order chi connectivity index (χ0) is 13.0. The Kier molecular flexibility index (Phi) is 3.76. The Bertz CT molecular complexity index is 504. The summed E-state index contributed by atoms with van der Waals surface area (Å²) in [6.07, 6.45) is 3.79. The minimum atomic E-state index is -0.0780. The quantitative estimate of drug-likeness (QED) is 0.854. The maximum absolute atomic E-state index is 11.7. The number of hydrogen-bond acceptors (Lipinski definition) is 4. The molecule has 0 aliphatic heterocycles. The highest BCUT2D eigenvalue weighted by Gasteiger charge is 2.11. The van der Waals surface area contributed by atoms with Gasteiger partial charge in [0.2, 0.25) is 5.91 Å². The summed E-state index contributed by atoms with van der Waals surface area (Å²) in [6.45, 7) is 4.41. The van der Waals surface area contributed by atoms with Gasteiger partial charge in [-0.25, -0.2) is 0 Å². The van der Waals surface area contributed by atoms with Gasteiger partial charge >= 0.3 is 0 Å². The van der Waals surface area contributed by atoms with E-state index in [1.165, 1.54) is 0 Å². The maximum Gasteiger partial charge on any atom is 0.228 e. The minimum absolute atomic E-state index is 0.0152. The molecule has 2 rings (SSSR count). The average molecular weight is 248 g/mol. The summed E-state index contributed by atoms with van der Waals surface area (Å²) in [5.41, 5.74) is 0.780. The Morgan fingerprint density at radius 2 is 2.44 bits per heavy atom. The molecule has 1 N–H and O–H groups in total. The molecule has 0 aliphatic carbocycles. The zero-order valence-electron chi connectivity index (χ0n) is 10.5. The van der Waals surface area contributed by atoms with Crippen molar-refractivity contribution < 1.29 is 9.32 Å². The van der Waals surface area contributed by atoms with Crippen LogP contribution in [0, 0.1) is 6.92 Å². The molecule has 2 aromatic heterocycles. The van der Waals surface area contributed by atoms with Crippen molar-refractivity contribution in [3.8, 4) is 0 Å². The summed E-state index contributed by atoms with van der Waals surface area (Å²) in [5.74, 6) is 0.502. The number of aryl methyl sites for hydroxylation is 1. The second-order valence-corrected chi connectivity index (χ2v) is 4.31. The molecule has 0 bridgehead atoms. The highest BCUT2D eigenvalue weighted by molar-refractivity contribution is 5.78. The molecule has 2 aromatic rings. The highest BCUT2D eigenvalue weighted by Crippen LogP contribution is 2.03. The van der Waals surface area contributed by atoms with Crippen molar-refractivity contribution in [1.29, 1.82) is 0 Å². The van der Waals surface area contributed by atoms with Crippen LogP contribution in [-0.2, 0) is 17.8 Å². The summed E-state index contributed by atoms with van der Waals surface area (Å²) in [6, 6.07) is 3.63. The largest absolute Gasteiger partial charge is 0.361 e. The van der Waals surface area contributed by atoms with Crippen molar-refractivity contribution in [2.45, 2.75) is 32.9 Å². The molecule has 0 saturated carbocycles. The third kappa shape index (κ3) is 3.44. The molecule has 2 heterocycles. The highest BCUT2D eigenvalue weighted by atomic mass is 16.5. The monoisotopic (exact) mass is 248 g/mol. The Morgan fingerprint density at radius 1 is 1.61 bits per heavy atom. The van der Waals surface area contributed by atoms with E-state index in [9.17, 15) is 4.79 Å². The first-order chi connectivity index (χ1) is 8.63. The predicted molar refractivity (Wildman–Crippen MR) is 64.8 cm³/mol. The molecular formula is C12H16N4O2. The van der Waals surface area contributed by atoms with E-state index in [1.54, 1.807) is 16.9 Å². The lowest BCUT2D eigenvalue weighted by Crippen LogP contribution is -2.36. The van der Waals surface area contributed by atoms with Gasteiger partial charge in [0.15, 0.2) is 0 Å². The molecule has 0 spiro atoms. The van der Waals surface area contributed by atoms with E-state index in [0.717, 1.165) is 5.69 Å². The van der Waals surface area contributed by atoms with Gasteiger partial charge < -0.3 is 9.84 Å². The fraction of sp³-hybridized carbons (Fsp3) is 0.417. The van der Waals surface area contributed by atoms with Gasteiger partial charge in [0.1, 0.15) is 5.76 Å². The van der Waals surface area contributed by atoms with Crippen LogP contribution in [0.3, 0.4) is 0 Å². The van der Waals surface area contributed by atoms with E-state index in [0.29, 0.717) is 12.3 Å². The normalized spacial score (nSPS) is 12.3. The molecule has 18 heavy (non-hydrogen) atoms. The van der Waals surface area contributed by atoms with Crippen LogP contribution in [-0.4, -0.2) is 26.9 Å². The summed E-state index contributed by atoms with van der Waals surface area (Å²) in [4.78, 5) is 11.7. The predicted octanol–water partition coefficient (Wildman–Crippen LogP) is 0.927. The Balaban J connectivity index is 1.80. The maximum atomic E-state index is 11.7. The Morgan fingerprint density at radius 3 is 3.06 bits per heavy atom. The summed E-state index contributed by atoms with van der Waals surface area (Å²) < 4.78 is 6.78. The van der Waals surface area contributed by atoms with Crippen LogP contribution >= 0.6 is 0 Å². The van der Waals surface area contributed by atoms with Gasteiger partial charge in [0.25, 0.3) is 0 Å². The van der Waals surface area contributed by atoms with E-state index < -0.39 is 0 Å². The second kappa shape index (κ2) is 5.48. The van der Waals surface area contributed by atoms with Crippen LogP contribution in [0.1, 0.15) is 18.4 Å². The standard InChI is InChI=1S/C12H16N4O2/c1-9-6-11(18-15-9)7-12(17)14-10(2)8-16-5-3-4-13-16/h3-6,10H,7-8H2,1-2H3,(H,14,17). The number of carbonyl (C=O) groups is 1. The molecule has 0 aromatic carbocycles. The zero-order valence-corrected chi connectivity index (χ0v) is 10.5. The van der Waals surface area contributed by atoms with Crippen molar-refractivity contribution in [2.75, 3.05) is 0 Å². The van der Waals surface area contributed by atoms with Crippen molar-refractivity contribution in [3.63, 3.8) is 0 Å². The molecule has 1 amide bonds. The molecule has 0 aliphatic rings. The SMILES string of the molecule is Cc1cc(CC(=O)NC(C)Cn2cccn2)on1. The molecular weight excluding hydrogens is 232 g/mol. The lowest BCUT2D eigenvalue weighted by Gasteiger charge is -2.13. The van der Waals surface area contributed by atoms with Gasteiger partial charge in [0.05, 0.1) is 18.7 Å². The molecule has 0 radical (unpaired) electrons. The van der Waals surface area contributed by atoms with E-state index in [4.69, 9.17) is 4.52 Å². The van der Waals surface area contributed by atoms with E-state index >= 15 is 0 Å². The first-order valence-corrected chi connectivity index (χ1v) is 5.82. The molecule has 1 unspecified atom stereocenters. The summed E-state index contributed by atoms with van der Waals surface area (Å²) in [5, 5.41) is 10.7. The van der Waals surface area contributed by atoms with Crippen molar-refractivity contribution in [2.24, 2.45) is 0 Å². The van der Waals surface area contributed by atoms with Crippen LogP contribution in [0.5, 0.6) is 0 Å². The van der Waals surface area contributed by atoms with Crippen LogP contribution in [0.4, 0.5) is 0 Å². The molecule has 0 fully saturated rings. The van der Waals surface area contributed by atoms with E-state index in [2.05, 4.69) is 15.6 Å². The number of aromatic nitrogens is 3. The fourth-order valence-corrected chi connectivity index (χ4v) is 1.72. The van der Waals surface area contributed by atoms with Crippen molar-refractivity contribution >= 4 is 5.91 Å². The van der Waals surface area contributed by atoms with E-state index in [1.807, 2.05) is 26.1 Å². The second-order valence-electron chi connectivity index (χ2n) is 4.31. The Labute approximate surface area is 105 Å². The van der Waals surface area contributed by atoms with Crippen molar-refractivity contribution in [3.05, 3.63) is 36.0 Å². The smallest absolute Gasteiger partial charge is 0.228 e. The van der Waals surface area contributed by atoms with Gasteiger partial charge in [-0.05, 0) is 19.9 Å².